The lowest BCUT2D eigenvalue weighted by atomic mass is 10.1. The number of aromatic nitrogens is 1. The summed E-state index contributed by atoms with van der Waals surface area (Å²) >= 11 is 0. The Morgan fingerprint density at radius 1 is 1.06 bits per heavy atom. The first-order valence-electron chi connectivity index (χ1n) is 5.50. The zero-order valence-electron chi connectivity index (χ0n) is 9.64. The van der Waals surface area contributed by atoms with Crippen LogP contribution in [-0.4, -0.2) is 4.98 Å². The Balaban J connectivity index is 2.14. The average Bonchev–Trinajstić information content (AvgIpc) is 2.33. The van der Waals surface area contributed by atoms with E-state index in [1.54, 1.807) is 0 Å². The van der Waals surface area contributed by atoms with Crippen LogP contribution in [0.15, 0.2) is 48.7 Å². The van der Waals surface area contributed by atoms with E-state index in [0.29, 0.717) is 0 Å². The highest BCUT2D eigenvalue weighted by Crippen LogP contribution is 2.19. The summed E-state index contributed by atoms with van der Waals surface area (Å²) in [5.74, 6) is 0.957. The first-order chi connectivity index (χ1) is 7.77. The maximum atomic E-state index is 4.33. The summed E-state index contributed by atoms with van der Waals surface area (Å²) in [5, 5.41) is 3.42. The first-order valence-corrected chi connectivity index (χ1v) is 5.50. The van der Waals surface area contributed by atoms with Crippen LogP contribution in [0.5, 0.6) is 0 Å². The highest BCUT2D eigenvalue weighted by molar-refractivity contribution is 5.44. The van der Waals surface area contributed by atoms with E-state index < -0.39 is 0 Å². The van der Waals surface area contributed by atoms with Crippen molar-refractivity contribution in [3.05, 3.63) is 59.8 Å². The van der Waals surface area contributed by atoms with Gasteiger partial charge in [0, 0.05) is 12.2 Å². The molecule has 0 radical (unpaired) electrons. The van der Waals surface area contributed by atoms with E-state index in [4.69, 9.17) is 0 Å². The quantitative estimate of drug-likeness (QED) is 0.841. The molecule has 1 aromatic heterocycles. The van der Waals surface area contributed by atoms with E-state index in [2.05, 4.69) is 54.5 Å². The minimum Gasteiger partial charge on any atom is -0.363 e. The highest BCUT2D eigenvalue weighted by atomic mass is 15.0. The summed E-state index contributed by atoms with van der Waals surface area (Å²) in [5.41, 5.74) is 2.44. The Labute approximate surface area is 96.4 Å². The first kappa shape index (κ1) is 10.7. The third-order valence-corrected chi connectivity index (χ3v) is 2.66. The second kappa shape index (κ2) is 4.79. The Hall–Kier alpha value is -1.83. The van der Waals surface area contributed by atoms with Gasteiger partial charge in [0.15, 0.2) is 0 Å². The molecular formula is C14H16N2. The maximum Gasteiger partial charge on any atom is 0.129 e. The molecule has 2 aromatic rings. The van der Waals surface area contributed by atoms with Crippen molar-refractivity contribution in [3.63, 3.8) is 0 Å². The van der Waals surface area contributed by atoms with Crippen LogP contribution in [0.25, 0.3) is 0 Å². The molecule has 1 N–H and O–H groups in total. The van der Waals surface area contributed by atoms with E-state index in [0.717, 1.165) is 5.82 Å². The van der Waals surface area contributed by atoms with Crippen LogP contribution in [0.1, 0.15) is 24.1 Å². The van der Waals surface area contributed by atoms with E-state index in [9.17, 15) is 0 Å². The van der Waals surface area contributed by atoms with Gasteiger partial charge in [0.2, 0.25) is 0 Å². The molecule has 0 spiro atoms. The maximum absolute atomic E-state index is 4.33. The Kier molecular flexibility index (Phi) is 3.20. The third kappa shape index (κ3) is 2.40. The molecule has 0 aliphatic rings. The van der Waals surface area contributed by atoms with Crippen LogP contribution in [0, 0.1) is 6.92 Å². The van der Waals surface area contributed by atoms with Crippen molar-refractivity contribution >= 4 is 5.82 Å². The van der Waals surface area contributed by atoms with Gasteiger partial charge < -0.3 is 5.32 Å². The molecule has 1 atom stereocenters. The summed E-state index contributed by atoms with van der Waals surface area (Å²) in [7, 11) is 0. The lowest BCUT2D eigenvalue weighted by Gasteiger charge is -2.16. The molecule has 0 amide bonds. The van der Waals surface area contributed by atoms with Gasteiger partial charge >= 0.3 is 0 Å². The van der Waals surface area contributed by atoms with Crippen LogP contribution in [0.2, 0.25) is 0 Å². The largest absolute Gasteiger partial charge is 0.363 e. The lowest BCUT2D eigenvalue weighted by molar-refractivity contribution is 0.871. The minimum absolute atomic E-state index is 0.273. The van der Waals surface area contributed by atoms with Gasteiger partial charge in [-0.2, -0.15) is 0 Å². The van der Waals surface area contributed by atoms with Gasteiger partial charge in [0.25, 0.3) is 0 Å². The summed E-state index contributed by atoms with van der Waals surface area (Å²) < 4.78 is 0. The van der Waals surface area contributed by atoms with Crippen molar-refractivity contribution in [2.45, 2.75) is 19.9 Å². The Bertz CT molecular complexity index is 451. The van der Waals surface area contributed by atoms with E-state index in [-0.39, 0.29) is 6.04 Å². The van der Waals surface area contributed by atoms with Gasteiger partial charge in [-0.3, -0.25) is 0 Å². The molecule has 0 aliphatic carbocycles. The molecule has 2 nitrogen and oxygen atoms in total. The number of anilines is 1. The van der Waals surface area contributed by atoms with Crippen molar-refractivity contribution in [1.82, 2.24) is 4.98 Å². The molecule has 1 heterocycles. The molecule has 82 valence electrons. The third-order valence-electron chi connectivity index (χ3n) is 2.66. The zero-order chi connectivity index (χ0) is 11.4. The lowest BCUT2D eigenvalue weighted by Crippen LogP contribution is -2.08. The molecule has 0 saturated heterocycles. The topological polar surface area (TPSA) is 24.9 Å². The SMILES string of the molecule is Cc1cccnc1NC(C)c1ccccc1. The summed E-state index contributed by atoms with van der Waals surface area (Å²) in [6.07, 6.45) is 1.81. The van der Waals surface area contributed by atoms with Gasteiger partial charge in [-0.15, -0.1) is 0 Å². The molecule has 0 fully saturated rings. The number of hydrogen-bond donors (Lipinski definition) is 1. The molecule has 16 heavy (non-hydrogen) atoms. The van der Waals surface area contributed by atoms with Crippen molar-refractivity contribution in [2.24, 2.45) is 0 Å². The molecule has 0 bridgehead atoms. The van der Waals surface area contributed by atoms with Crippen LogP contribution < -0.4 is 5.32 Å². The van der Waals surface area contributed by atoms with Gasteiger partial charge in [-0.25, -0.2) is 4.98 Å². The molecule has 2 rings (SSSR count). The summed E-state index contributed by atoms with van der Waals surface area (Å²) in [6.45, 7) is 4.20. The van der Waals surface area contributed by atoms with Gasteiger partial charge in [0.1, 0.15) is 5.82 Å². The number of nitrogens with zero attached hydrogens (tertiary/aromatic N) is 1. The molecule has 0 saturated carbocycles. The van der Waals surface area contributed by atoms with Gasteiger partial charge in [-0.05, 0) is 31.0 Å². The van der Waals surface area contributed by atoms with Gasteiger partial charge in [-0.1, -0.05) is 36.4 Å². The molecule has 0 aliphatic heterocycles. The van der Waals surface area contributed by atoms with Crippen molar-refractivity contribution < 1.29 is 0 Å². The average molecular weight is 212 g/mol. The number of rotatable bonds is 3. The fourth-order valence-electron chi connectivity index (χ4n) is 1.67. The fourth-order valence-corrected chi connectivity index (χ4v) is 1.67. The second-order valence-corrected chi connectivity index (χ2v) is 3.95. The summed E-state index contributed by atoms with van der Waals surface area (Å²) in [6, 6.07) is 14.7. The highest BCUT2D eigenvalue weighted by Gasteiger charge is 2.06. The van der Waals surface area contributed by atoms with Crippen molar-refractivity contribution in [1.29, 1.82) is 0 Å². The molecular weight excluding hydrogens is 196 g/mol. The monoisotopic (exact) mass is 212 g/mol. The number of nitrogens with one attached hydrogen (secondary N) is 1. The van der Waals surface area contributed by atoms with Crippen LogP contribution in [0.3, 0.4) is 0 Å². The standard InChI is InChI=1S/C14H16N2/c1-11-7-6-10-15-14(11)16-12(2)13-8-4-3-5-9-13/h3-10,12H,1-2H3,(H,15,16). The normalized spacial score (nSPS) is 12.1. The number of benzene rings is 1. The summed E-state index contributed by atoms with van der Waals surface area (Å²) in [4.78, 5) is 4.33. The van der Waals surface area contributed by atoms with Crippen molar-refractivity contribution in [3.8, 4) is 0 Å². The number of hydrogen-bond acceptors (Lipinski definition) is 2. The Morgan fingerprint density at radius 3 is 2.50 bits per heavy atom. The fraction of sp³-hybridized carbons (Fsp3) is 0.214. The van der Waals surface area contributed by atoms with E-state index >= 15 is 0 Å². The van der Waals surface area contributed by atoms with Gasteiger partial charge in [0.05, 0.1) is 0 Å². The van der Waals surface area contributed by atoms with Crippen LogP contribution in [-0.2, 0) is 0 Å². The van der Waals surface area contributed by atoms with E-state index in [1.807, 2.05) is 18.3 Å². The zero-order valence-corrected chi connectivity index (χ0v) is 9.64. The molecule has 2 heteroatoms. The second-order valence-electron chi connectivity index (χ2n) is 3.95. The smallest absolute Gasteiger partial charge is 0.129 e. The molecule has 1 aromatic carbocycles. The number of aryl methyl sites for hydroxylation is 1. The van der Waals surface area contributed by atoms with Crippen LogP contribution >= 0.6 is 0 Å². The predicted octanol–water partition coefficient (Wildman–Crippen LogP) is 3.56. The van der Waals surface area contributed by atoms with Crippen LogP contribution in [0.4, 0.5) is 5.82 Å². The minimum atomic E-state index is 0.273. The number of pyridine rings is 1. The molecule has 1 unspecified atom stereocenters. The predicted molar refractivity (Wildman–Crippen MR) is 67.5 cm³/mol. The van der Waals surface area contributed by atoms with Crippen molar-refractivity contribution in [2.75, 3.05) is 5.32 Å². The van der Waals surface area contributed by atoms with E-state index in [1.165, 1.54) is 11.1 Å². The Morgan fingerprint density at radius 2 is 1.81 bits per heavy atom.